The summed E-state index contributed by atoms with van der Waals surface area (Å²) in [5.41, 5.74) is 1.36. The Bertz CT molecular complexity index is 345. The molecule has 1 unspecified atom stereocenters. The minimum absolute atomic E-state index is 0.681. The molecule has 2 aliphatic rings. The fourth-order valence-corrected chi connectivity index (χ4v) is 5.23. The van der Waals surface area contributed by atoms with E-state index in [4.69, 9.17) is 0 Å². The minimum atomic E-state index is 0.681. The molecule has 1 N–H and O–H groups in total. The zero-order valence-corrected chi connectivity index (χ0v) is 12.4. The number of thioether (sulfide) groups is 2. The Hall–Kier alpha value is -0.280. The lowest BCUT2D eigenvalue weighted by Gasteiger charge is -2.18. The van der Waals surface area contributed by atoms with Gasteiger partial charge >= 0.3 is 0 Å². The van der Waals surface area contributed by atoms with E-state index in [2.05, 4.69) is 53.1 Å². The zero-order valence-electron chi connectivity index (χ0n) is 10.7. The summed E-state index contributed by atoms with van der Waals surface area (Å²) in [6.45, 7) is 0. The number of rotatable bonds is 4. The summed E-state index contributed by atoms with van der Waals surface area (Å²) < 4.78 is 0. The first kappa shape index (κ1) is 12.7. The standard InChI is InChI=1S/C15H21NS2/c1-2-6-13(5-1)18-15-8-4-3-7-14(15)16-12-9-10-17-11-12/h3-4,7-8,12-13,16H,1-2,5-6,9-11H2. The molecule has 0 amide bonds. The van der Waals surface area contributed by atoms with Gasteiger partial charge in [-0.15, -0.1) is 11.8 Å². The number of nitrogens with one attached hydrogen (secondary N) is 1. The fourth-order valence-electron chi connectivity index (χ4n) is 2.74. The van der Waals surface area contributed by atoms with Gasteiger partial charge in [-0.05, 0) is 37.1 Å². The maximum atomic E-state index is 3.74. The predicted octanol–water partition coefficient (Wildman–Crippen LogP) is 4.64. The van der Waals surface area contributed by atoms with Crippen molar-refractivity contribution >= 4 is 29.2 Å². The summed E-state index contributed by atoms with van der Waals surface area (Å²) in [4.78, 5) is 1.46. The summed E-state index contributed by atoms with van der Waals surface area (Å²) in [6.07, 6.45) is 6.96. The van der Waals surface area contributed by atoms with Crippen LogP contribution in [0.3, 0.4) is 0 Å². The van der Waals surface area contributed by atoms with Gasteiger partial charge in [0.25, 0.3) is 0 Å². The molecule has 1 aromatic rings. The Morgan fingerprint density at radius 3 is 2.72 bits per heavy atom. The topological polar surface area (TPSA) is 12.0 Å². The van der Waals surface area contributed by atoms with Crippen LogP contribution in [0.1, 0.15) is 32.1 Å². The van der Waals surface area contributed by atoms with Crippen molar-refractivity contribution in [3.8, 4) is 0 Å². The van der Waals surface area contributed by atoms with Crippen LogP contribution in [0.15, 0.2) is 29.2 Å². The molecule has 0 radical (unpaired) electrons. The second-order valence-corrected chi connectivity index (χ2v) is 7.72. The van der Waals surface area contributed by atoms with Crippen molar-refractivity contribution in [2.24, 2.45) is 0 Å². The van der Waals surface area contributed by atoms with E-state index in [9.17, 15) is 0 Å². The second-order valence-electron chi connectivity index (χ2n) is 5.23. The molecule has 0 spiro atoms. The lowest BCUT2D eigenvalue weighted by atomic mass is 10.2. The molecule has 1 saturated heterocycles. The van der Waals surface area contributed by atoms with Crippen LogP contribution in [0.4, 0.5) is 5.69 Å². The summed E-state index contributed by atoms with van der Waals surface area (Å²) in [5.74, 6) is 2.58. The molecule has 1 heterocycles. The highest BCUT2D eigenvalue weighted by molar-refractivity contribution is 8.00. The van der Waals surface area contributed by atoms with Gasteiger partial charge in [-0.2, -0.15) is 11.8 Å². The number of hydrogen-bond donors (Lipinski definition) is 1. The maximum Gasteiger partial charge on any atom is 0.0480 e. The molecule has 98 valence electrons. The molecule has 1 atom stereocenters. The van der Waals surface area contributed by atoms with Gasteiger partial charge in [0.05, 0.1) is 0 Å². The molecule has 3 rings (SSSR count). The zero-order chi connectivity index (χ0) is 12.2. The Kier molecular flexibility index (Phi) is 4.42. The van der Waals surface area contributed by atoms with Crippen molar-refractivity contribution in [1.29, 1.82) is 0 Å². The van der Waals surface area contributed by atoms with Crippen LogP contribution >= 0.6 is 23.5 Å². The monoisotopic (exact) mass is 279 g/mol. The summed E-state index contributed by atoms with van der Waals surface area (Å²) in [5, 5.41) is 4.59. The number of anilines is 1. The van der Waals surface area contributed by atoms with Gasteiger partial charge in [0.1, 0.15) is 0 Å². The first-order chi connectivity index (χ1) is 8.92. The van der Waals surface area contributed by atoms with E-state index in [1.165, 1.54) is 54.2 Å². The van der Waals surface area contributed by atoms with E-state index in [0.29, 0.717) is 6.04 Å². The Labute approximate surface area is 119 Å². The van der Waals surface area contributed by atoms with Crippen LogP contribution in [0, 0.1) is 0 Å². The Morgan fingerprint density at radius 2 is 1.94 bits per heavy atom. The molecule has 1 aliphatic heterocycles. The van der Waals surface area contributed by atoms with Crippen LogP contribution in [0.5, 0.6) is 0 Å². The van der Waals surface area contributed by atoms with E-state index < -0.39 is 0 Å². The predicted molar refractivity (Wildman–Crippen MR) is 83.9 cm³/mol. The SMILES string of the molecule is c1ccc(SC2CCCC2)c(NC2CCSC2)c1. The summed E-state index contributed by atoms with van der Waals surface area (Å²) >= 11 is 4.16. The van der Waals surface area contributed by atoms with Gasteiger partial charge < -0.3 is 5.32 Å². The van der Waals surface area contributed by atoms with Crippen LogP contribution < -0.4 is 5.32 Å². The molecule has 0 bridgehead atoms. The molecule has 1 saturated carbocycles. The highest BCUT2D eigenvalue weighted by atomic mass is 32.2. The van der Waals surface area contributed by atoms with E-state index in [0.717, 1.165) is 5.25 Å². The maximum absolute atomic E-state index is 3.74. The third kappa shape index (κ3) is 3.18. The van der Waals surface area contributed by atoms with Crippen molar-refractivity contribution < 1.29 is 0 Å². The van der Waals surface area contributed by atoms with Gasteiger partial charge in [0, 0.05) is 27.6 Å². The molecule has 0 aromatic heterocycles. The highest BCUT2D eigenvalue weighted by Crippen LogP contribution is 2.38. The first-order valence-electron chi connectivity index (χ1n) is 7.02. The summed E-state index contributed by atoms with van der Waals surface area (Å²) in [6, 6.07) is 9.54. The second kappa shape index (κ2) is 6.25. The molecule has 1 nitrogen and oxygen atoms in total. The van der Waals surface area contributed by atoms with Gasteiger partial charge in [-0.1, -0.05) is 25.0 Å². The Balaban J connectivity index is 1.67. The van der Waals surface area contributed by atoms with Gasteiger partial charge in [0.15, 0.2) is 0 Å². The normalized spacial score (nSPS) is 24.6. The van der Waals surface area contributed by atoms with Crippen LogP contribution in [0.25, 0.3) is 0 Å². The average Bonchev–Trinajstić information content (AvgIpc) is 3.05. The number of para-hydroxylation sites is 1. The van der Waals surface area contributed by atoms with E-state index in [-0.39, 0.29) is 0 Å². The van der Waals surface area contributed by atoms with Crippen molar-refractivity contribution in [2.75, 3.05) is 16.8 Å². The molecule has 1 aliphatic carbocycles. The van der Waals surface area contributed by atoms with Gasteiger partial charge in [-0.25, -0.2) is 0 Å². The largest absolute Gasteiger partial charge is 0.381 e. The Morgan fingerprint density at radius 1 is 1.11 bits per heavy atom. The van der Waals surface area contributed by atoms with Crippen molar-refractivity contribution in [3.63, 3.8) is 0 Å². The lowest BCUT2D eigenvalue weighted by molar-refractivity contribution is 0.809. The van der Waals surface area contributed by atoms with Crippen molar-refractivity contribution in [2.45, 2.75) is 48.3 Å². The van der Waals surface area contributed by atoms with Gasteiger partial charge in [0.2, 0.25) is 0 Å². The molecular weight excluding hydrogens is 258 g/mol. The van der Waals surface area contributed by atoms with E-state index in [1.54, 1.807) is 0 Å². The van der Waals surface area contributed by atoms with E-state index in [1.807, 2.05) is 0 Å². The average molecular weight is 279 g/mol. The molecule has 1 aromatic carbocycles. The quantitative estimate of drug-likeness (QED) is 0.862. The number of benzene rings is 1. The van der Waals surface area contributed by atoms with Crippen LogP contribution in [-0.2, 0) is 0 Å². The fraction of sp³-hybridized carbons (Fsp3) is 0.600. The number of hydrogen-bond acceptors (Lipinski definition) is 3. The van der Waals surface area contributed by atoms with Crippen molar-refractivity contribution in [1.82, 2.24) is 0 Å². The first-order valence-corrected chi connectivity index (χ1v) is 9.05. The third-order valence-corrected chi connectivity index (χ3v) is 6.35. The molecule has 3 heteroatoms. The molecular formula is C15H21NS2. The third-order valence-electron chi connectivity index (χ3n) is 3.77. The van der Waals surface area contributed by atoms with Crippen LogP contribution in [0.2, 0.25) is 0 Å². The van der Waals surface area contributed by atoms with Gasteiger partial charge in [-0.3, -0.25) is 0 Å². The lowest BCUT2D eigenvalue weighted by Crippen LogP contribution is -2.18. The van der Waals surface area contributed by atoms with Crippen molar-refractivity contribution in [3.05, 3.63) is 24.3 Å². The van der Waals surface area contributed by atoms with Crippen LogP contribution in [-0.4, -0.2) is 22.8 Å². The molecule has 18 heavy (non-hydrogen) atoms. The smallest absolute Gasteiger partial charge is 0.0480 e. The summed E-state index contributed by atoms with van der Waals surface area (Å²) in [7, 11) is 0. The highest BCUT2D eigenvalue weighted by Gasteiger charge is 2.19. The molecule has 2 fully saturated rings. The van der Waals surface area contributed by atoms with E-state index >= 15 is 0 Å². The minimum Gasteiger partial charge on any atom is -0.381 e.